The average molecular weight is 358 g/mol. The summed E-state index contributed by atoms with van der Waals surface area (Å²) < 4.78 is 17.6. The number of hydrogen-bond acceptors (Lipinski definition) is 5. The zero-order valence-electron chi connectivity index (χ0n) is 12.9. The third kappa shape index (κ3) is 2.92. The van der Waals surface area contributed by atoms with Gasteiger partial charge < -0.3 is 24.9 Å². The maximum absolute atomic E-state index is 9.86. The molecule has 1 aliphatic heterocycles. The van der Waals surface area contributed by atoms with Crippen molar-refractivity contribution in [3.8, 4) is 11.5 Å². The van der Waals surface area contributed by atoms with Crippen LogP contribution in [0.5, 0.6) is 11.5 Å². The second-order valence-electron chi connectivity index (χ2n) is 6.20. The standard InChI is InChI=1S/C14H21BBrNO4/c1-13(2)14(3,4)21-15(20-13)12(17)8-6-9(16)11(18)10(7-8)19-5/h6-7,12,18H,17H2,1-5H3/t12-/m1/s1. The predicted octanol–water partition coefficient (Wildman–Crippen LogP) is 2.79. The Morgan fingerprint density at radius 1 is 1.24 bits per heavy atom. The highest BCUT2D eigenvalue weighted by atomic mass is 79.9. The van der Waals surface area contributed by atoms with Gasteiger partial charge in [-0.05, 0) is 61.3 Å². The van der Waals surface area contributed by atoms with Gasteiger partial charge in [0.05, 0.1) is 28.7 Å². The smallest absolute Gasteiger partial charge is 0.480 e. The summed E-state index contributed by atoms with van der Waals surface area (Å²) in [5.41, 5.74) is 6.16. The van der Waals surface area contributed by atoms with E-state index >= 15 is 0 Å². The van der Waals surface area contributed by atoms with Crippen molar-refractivity contribution in [1.29, 1.82) is 0 Å². The lowest BCUT2D eigenvalue weighted by atomic mass is 9.75. The van der Waals surface area contributed by atoms with Gasteiger partial charge in [0, 0.05) is 0 Å². The summed E-state index contributed by atoms with van der Waals surface area (Å²) in [4.78, 5) is 0. The molecule has 7 heteroatoms. The van der Waals surface area contributed by atoms with E-state index < -0.39 is 24.3 Å². The van der Waals surface area contributed by atoms with Crippen LogP contribution in [0.25, 0.3) is 0 Å². The molecule has 3 N–H and O–H groups in total. The van der Waals surface area contributed by atoms with Crippen LogP contribution < -0.4 is 10.5 Å². The number of nitrogens with two attached hydrogens (primary N) is 1. The number of hydrogen-bond donors (Lipinski definition) is 2. The summed E-state index contributed by atoms with van der Waals surface area (Å²) >= 11 is 3.29. The largest absolute Gasteiger partial charge is 0.503 e. The Balaban J connectivity index is 2.30. The minimum absolute atomic E-state index is 0.0439. The minimum atomic E-state index is -0.559. The molecule has 1 aliphatic rings. The molecule has 1 aromatic carbocycles. The molecule has 1 atom stereocenters. The Morgan fingerprint density at radius 2 is 1.76 bits per heavy atom. The summed E-state index contributed by atoms with van der Waals surface area (Å²) in [7, 11) is 0.933. The molecule has 21 heavy (non-hydrogen) atoms. The maximum atomic E-state index is 9.86. The summed E-state index contributed by atoms with van der Waals surface area (Å²) in [6, 6.07) is 3.43. The number of halogens is 1. The lowest BCUT2D eigenvalue weighted by molar-refractivity contribution is 0.00578. The lowest BCUT2D eigenvalue weighted by Gasteiger charge is -2.32. The molecule has 0 unspecified atom stereocenters. The zero-order chi connectivity index (χ0) is 16.0. The van der Waals surface area contributed by atoms with Gasteiger partial charge >= 0.3 is 7.12 Å². The summed E-state index contributed by atoms with van der Waals surface area (Å²) in [5.74, 6) is -0.0921. The second kappa shape index (κ2) is 5.46. The van der Waals surface area contributed by atoms with Crippen LogP contribution in [0.15, 0.2) is 16.6 Å². The monoisotopic (exact) mass is 357 g/mol. The minimum Gasteiger partial charge on any atom is -0.503 e. The van der Waals surface area contributed by atoms with Crippen molar-refractivity contribution in [3.63, 3.8) is 0 Å². The quantitative estimate of drug-likeness (QED) is 0.813. The molecular weight excluding hydrogens is 337 g/mol. The van der Waals surface area contributed by atoms with E-state index in [1.54, 1.807) is 12.1 Å². The van der Waals surface area contributed by atoms with Gasteiger partial charge in [0.25, 0.3) is 0 Å². The molecule has 5 nitrogen and oxygen atoms in total. The number of methoxy groups -OCH3 is 1. The highest BCUT2D eigenvalue weighted by molar-refractivity contribution is 9.10. The van der Waals surface area contributed by atoms with E-state index in [1.165, 1.54) is 7.11 Å². The number of phenols is 1. The topological polar surface area (TPSA) is 73.9 Å². The first kappa shape index (κ1) is 16.6. The predicted molar refractivity (Wildman–Crippen MR) is 85.4 cm³/mol. The molecule has 0 spiro atoms. The Morgan fingerprint density at radius 3 is 2.24 bits per heavy atom. The van der Waals surface area contributed by atoms with E-state index in [-0.39, 0.29) is 5.75 Å². The number of benzene rings is 1. The molecule has 1 aromatic rings. The molecule has 0 aliphatic carbocycles. The van der Waals surface area contributed by atoms with E-state index in [1.807, 2.05) is 27.7 Å². The first-order valence-corrected chi connectivity index (χ1v) is 7.56. The van der Waals surface area contributed by atoms with Gasteiger partial charge in [0.2, 0.25) is 0 Å². The summed E-state index contributed by atoms with van der Waals surface area (Å²) in [6.07, 6.45) is 0. The molecule has 0 bridgehead atoms. The van der Waals surface area contributed by atoms with Crippen LogP contribution in [0.2, 0.25) is 0 Å². The molecule has 1 saturated heterocycles. The normalized spacial score (nSPS) is 21.4. The van der Waals surface area contributed by atoms with Gasteiger partial charge in [-0.2, -0.15) is 0 Å². The van der Waals surface area contributed by atoms with Crippen LogP contribution in [0, 0.1) is 0 Å². The van der Waals surface area contributed by atoms with Crippen LogP contribution in [-0.4, -0.2) is 30.5 Å². The average Bonchev–Trinajstić information content (AvgIpc) is 2.60. The molecule has 0 radical (unpaired) electrons. The van der Waals surface area contributed by atoms with Crippen LogP contribution in [0.1, 0.15) is 39.2 Å². The Hall–Kier alpha value is -0.755. The summed E-state index contributed by atoms with van der Waals surface area (Å²) in [5, 5.41) is 9.86. The van der Waals surface area contributed by atoms with Crippen molar-refractivity contribution in [2.75, 3.05) is 7.11 Å². The van der Waals surface area contributed by atoms with Crippen LogP contribution in [0.4, 0.5) is 0 Å². The van der Waals surface area contributed by atoms with E-state index in [9.17, 15) is 5.11 Å². The van der Waals surface area contributed by atoms with Crippen LogP contribution >= 0.6 is 15.9 Å². The lowest BCUT2D eigenvalue weighted by Crippen LogP contribution is -2.41. The van der Waals surface area contributed by atoms with E-state index in [2.05, 4.69) is 15.9 Å². The van der Waals surface area contributed by atoms with Crippen molar-refractivity contribution in [1.82, 2.24) is 0 Å². The number of phenolic OH excluding ortho intramolecular Hbond substituents is 1. The molecule has 0 amide bonds. The third-order valence-electron chi connectivity index (χ3n) is 4.22. The highest BCUT2D eigenvalue weighted by Crippen LogP contribution is 2.42. The van der Waals surface area contributed by atoms with Gasteiger partial charge in [0.1, 0.15) is 0 Å². The molecule has 116 valence electrons. The fraction of sp³-hybridized carbons (Fsp3) is 0.571. The Kier molecular flexibility index (Phi) is 4.32. The van der Waals surface area contributed by atoms with Gasteiger partial charge in [-0.15, -0.1) is 0 Å². The number of ether oxygens (including phenoxy) is 1. The van der Waals surface area contributed by atoms with Gasteiger partial charge in [-0.25, -0.2) is 0 Å². The van der Waals surface area contributed by atoms with Crippen molar-refractivity contribution in [2.45, 2.75) is 44.8 Å². The molecule has 0 saturated carbocycles. The van der Waals surface area contributed by atoms with Crippen molar-refractivity contribution in [2.24, 2.45) is 5.73 Å². The van der Waals surface area contributed by atoms with Crippen molar-refractivity contribution in [3.05, 3.63) is 22.2 Å². The van der Waals surface area contributed by atoms with Gasteiger partial charge in [-0.1, -0.05) is 0 Å². The fourth-order valence-corrected chi connectivity index (χ4v) is 2.59. The van der Waals surface area contributed by atoms with Crippen molar-refractivity contribution >= 4 is 23.0 Å². The molecule has 1 fully saturated rings. The van der Waals surface area contributed by atoms with Crippen LogP contribution in [0.3, 0.4) is 0 Å². The number of aromatic hydroxyl groups is 1. The number of rotatable bonds is 3. The fourth-order valence-electron chi connectivity index (χ4n) is 2.13. The van der Waals surface area contributed by atoms with Gasteiger partial charge in [-0.3, -0.25) is 0 Å². The maximum Gasteiger partial charge on any atom is 0.480 e. The molecule has 0 aromatic heterocycles. The van der Waals surface area contributed by atoms with Gasteiger partial charge in [0.15, 0.2) is 11.5 Å². The third-order valence-corrected chi connectivity index (χ3v) is 4.82. The van der Waals surface area contributed by atoms with Crippen LogP contribution in [-0.2, 0) is 9.31 Å². The summed E-state index contributed by atoms with van der Waals surface area (Å²) in [6.45, 7) is 7.92. The van der Waals surface area contributed by atoms with E-state index in [0.717, 1.165) is 5.56 Å². The molecular formula is C14H21BBrNO4. The van der Waals surface area contributed by atoms with Crippen molar-refractivity contribution < 1.29 is 19.2 Å². The van der Waals surface area contributed by atoms with E-state index in [4.69, 9.17) is 19.8 Å². The SMILES string of the molecule is COc1cc([C@@H](N)B2OC(C)(C)C(C)(C)O2)cc(Br)c1O. The first-order chi connectivity index (χ1) is 9.59. The second-order valence-corrected chi connectivity index (χ2v) is 7.06. The molecule has 2 rings (SSSR count). The first-order valence-electron chi connectivity index (χ1n) is 6.76. The Labute approximate surface area is 134 Å². The zero-order valence-corrected chi connectivity index (χ0v) is 14.5. The van der Waals surface area contributed by atoms with E-state index in [0.29, 0.717) is 10.2 Å². The Bertz CT molecular complexity index is 534. The highest BCUT2D eigenvalue weighted by Gasteiger charge is 2.53. The molecule has 1 heterocycles.